The van der Waals surface area contributed by atoms with E-state index in [4.69, 9.17) is 5.73 Å². The Kier molecular flexibility index (Phi) is 3.72. The highest BCUT2D eigenvalue weighted by atomic mass is 19.4. The van der Waals surface area contributed by atoms with Gasteiger partial charge in [-0.2, -0.15) is 13.2 Å². The average Bonchev–Trinajstić information content (AvgIpc) is 2.83. The van der Waals surface area contributed by atoms with Gasteiger partial charge in [0.1, 0.15) is 5.82 Å². The first-order valence-electron chi connectivity index (χ1n) is 7.32. The van der Waals surface area contributed by atoms with Crippen LogP contribution in [0.4, 0.5) is 13.2 Å². The molecule has 0 radical (unpaired) electrons. The fourth-order valence-corrected chi connectivity index (χ4v) is 3.00. The monoisotopic (exact) mass is 309 g/mol. The Hall–Kier alpha value is -1.82. The van der Waals surface area contributed by atoms with E-state index >= 15 is 0 Å². The number of imidazole rings is 1. The molecule has 1 aromatic heterocycles. The summed E-state index contributed by atoms with van der Waals surface area (Å²) >= 11 is 0. The molecule has 0 saturated heterocycles. The molecule has 0 amide bonds. The fraction of sp³-hybridized carbons (Fsp3) is 0.438. The SMILES string of the molecule is Cc1c(-c2ccc(CN)cc2)nc2n1CCC(C(F)(F)F)C2. The normalized spacial score (nSPS) is 18.3. The average molecular weight is 309 g/mol. The second kappa shape index (κ2) is 5.43. The van der Waals surface area contributed by atoms with E-state index in [0.29, 0.717) is 18.9 Å². The maximum Gasteiger partial charge on any atom is 0.392 e. The predicted molar refractivity (Wildman–Crippen MR) is 78.2 cm³/mol. The molecule has 2 heterocycles. The van der Waals surface area contributed by atoms with Gasteiger partial charge in [-0.05, 0) is 18.9 Å². The number of alkyl halides is 3. The Balaban J connectivity index is 1.94. The van der Waals surface area contributed by atoms with Crippen molar-refractivity contribution in [1.29, 1.82) is 0 Å². The minimum Gasteiger partial charge on any atom is -0.332 e. The van der Waals surface area contributed by atoms with Crippen LogP contribution in [0.15, 0.2) is 24.3 Å². The number of aromatic nitrogens is 2. The third kappa shape index (κ3) is 2.63. The Bertz CT molecular complexity index is 671. The minimum atomic E-state index is -4.14. The van der Waals surface area contributed by atoms with E-state index in [1.807, 2.05) is 35.8 Å². The highest BCUT2D eigenvalue weighted by Crippen LogP contribution is 2.36. The maximum atomic E-state index is 12.9. The van der Waals surface area contributed by atoms with Gasteiger partial charge in [-0.25, -0.2) is 4.98 Å². The van der Waals surface area contributed by atoms with Crippen LogP contribution >= 0.6 is 0 Å². The van der Waals surface area contributed by atoms with Crippen LogP contribution in [-0.4, -0.2) is 15.7 Å². The molecule has 1 aliphatic rings. The van der Waals surface area contributed by atoms with E-state index < -0.39 is 12.1 Å². The molecule has 3 nitrogen and oxygen atoms in total. The molecule has 0 bridgehead atoms. The summed E-state index contributed by atoms with van der Waals surface area (Å²) in [5.74, 6) is -0.752. The van der Waals surface area contributed by atoms with E-state index in [2.05, 4.69) is 4.98 Å². The van der Waals surface area contributed by atoms with Gasteiger partial charge >= 0.3 is 6.18 Å². The standard InChI is InChI=1S/C16H18F3N3/c1-10-15(12-4-2-11(9-20)3-5-12)21-14-8-13(16(17,18)19)6-7-22(10)14/h2-5,13H,6-9,20H2,1H3. The van der Waals surface area contributed by atoms with Crippen LogP contribution in [0.2, 0.25) is 0 Å². The summed E-state index contributed by atoms with van der Waals surface area (Å²) in [6.07, 6.45) is -4.06. The summed E-state index contributed by atoms with van der Waals surface area (Å²) in [7, 11) is 0. The summed E-state index contributed by atoms with van der Waals surface area (Å²) in [5, 5.41) is 0. The zero-order chi connectivity index (χ0) is 15.9. The molecule has 0 aliphatic carbocycles. The second-order valence-corrected chi connectivity index (χ2v) is 5.75. The molecule has 1 aromatic carbocycles. The number of fused-ring (bicyclic) bond motifs is 1. The van der Waals surface area contributed by atoms with Crippen LogP contribution in [0.5, 0.6) is 0 Å². The number of hydrogen-bond donors (Lipinski definition) is 1. The number of benzene rings is 1. The first-order valence-corrected chi connectivity index (χ1v) is 7.32. The zero-order valence-electron chi connectivity index (χ0n) is 12.3. The lowest BCUT2D eigenvalue weighted by molar-refractivity contribution is -0.179. The number of halogens is 3. The molecule has 22 heavy (non-hydrogen) atoms. The molecule has 0 fully saturated rings. The molecule has 118 valence electrons. The van der Waals surface area contributed by atoms with Gasteiger partial charge in [-0.3, -0.25) is 0 Å². The van der Waals surface area contributed by atoms with Gasteiger partial charge in [0.2, 0.25) is 0 Å². The molecule has 2 N–H and O–H groups in total. The lowest BCUT2D eigenvalue weighted by Crippen LogP contribution is -2.31. The third-order valence-corrected chi connectivity index (χ3v) is 4.36. The lowest BCUT2D eigenvalue weighted by atomic mass is 9.97. The van der Waals surface area contributed by atoms with Crippen LogP contribution < -0.4 is 5.73 Å². The van der Waals surface area contributed by atoms with E-state index in [-0.39, 0.29) is 12.8 Å². The molecule has 0 spiro atoms. The summed E-state index contributed by atoms with van der Waals surface area (Å²) in [6, 6.07) is 7.69. The van der Waals surface area contributed by atoms with E-state index in [1.165, 1.54) is 0 Å². The first kappa shape index (κ1) is 15.1. The van der Waals surface area contributed by atoms with Crippen LogP contribution in [0.25, 0.3) is 11.3 Å². The van der Waals surface area contributed by atoms with Gasteiger partial charge in [0.25, 0.3) is 0 Å². The Morgan fingerprint density at radius 1 is 1.27 bits per heavy atom. The molecular weight excluding hydrogens is 291 g/mol. The third-order valence-electron chi connectivity index (χ3n) is 4.36. The van der Waals surface area contributed by atoms with Crippen molar-refractivity contribution in [3.8, 4) is 11.3 Å². The highest BCUT2D eigenvalue weighted by Gasteiger charge is 2.42. The van der Waals surface area contributed by atoms with Crippen molar-refractivity contribution in [2.45, 2.75) is 39.0 Å². The van der Waals surface area contributed by atoms with E-state index in [1.54, 1.807) is 0 Å². The molecular formula is C16H18F3N3. The quantitative estimate of drug-likeness (QED) is 0.923. The predicted octanol–water partition coefficient (Wildman–Crippen LogP) is 3.44. The minimum absolute atomic E-state index is 0.0365. The van der Waals surface area contributed by atoms with Crippen molar-refractivity contribution < 1.29 is 13.2 Å². The van der Waals surface area contributed by atoms with Crippen LogP contribution in [0.1, 0.15) is 23.5 Å². The fourth-order valence-electron chi connectivity index (χ4n) is 3.00. The molecule has 2 aromatic rings. The Morgan fingerprint density at radius 3 is 2.55 bits per heavy atom. The van der Waals surface area contributed by atoms with E-state index in [0.717, 1.165) is 22.5 Å². The molecule has 1 unspecified atom stereocenters. The van der Waals surface area contributed by atoms with Crippen molar-refractivity contribution in [2.75, 3.05) is 0 Å². The number of nitrogens with zero attached hydrogens (tertiary/aromatic N) is 2. The first-order chi connectivity index (χ1) is 10.4. The van der Waals surface area contributed by atoms with Gasteiger partial charge in [-0.1, -0.05) is 24.3 Å². The van der Waals surface area contributed by atoms with E-state index in [9.17, 15) is 13.2 Å². The number of rotatable bonds is 2. The zero-order valence-corrected chi connectivity index (χ0v) is 12.3. The van der Waals surface area contributed by atoms with Crippen molar-refractivity contribution in [3.63, 3.8) is 0 Å². The summed E-state index contributed by atoms with van der Waals surface area (Å²) < 4.78 is 40.6. The summed E-state index contributed by atoms with van der Waals surface area (Å²) in [4.78, 5) is 4.47. The van der Waals surface area contributed by atoms with Gasteiger partial charge in [0.05, 0.1) is 11.6 Å². The number of hydrogen-bond acceptors (Lipinski definition) is 2. The van der Waals surface area contributed by atoms with Gasteiger partial charge in [-0.15, -0.1) is 0 Å². The largest absolute Gasteiger partial charge is 0.392 e. The van der Waals surface area contributed by atoms with Crippen molar-refractivity contribution >= 4 is 0 Å². The number of nitrogens with two attached hydrogens (primary N) is 1. The maximum absolute atomic E-state index is 12.9. The molecule has 1 aliphatic heterocycles. The smallest absolute Gasteiger partial charge is 0.332 e. The summed E-state index contributed by atoms with van der Waals surface area (Å²) in [5.41, 5.74) is 9.20. The van der Waals surface area contributed by atoms with Gasteiger partial charge in [0, 0.05) is 30.8 Å². The van der Waals surface area contributed by atoms with Gasteiger partial charge in [0.15, 0.2) is 0 Å². The topological polar surface area (TPSA) is 43.8 Å². The van der Waals surface area contributed by atoms with Crippen molar-refractivity contribution in [2.24, 2.45) is 11.7 Å². The lowest BCUT2D eigenvalue weighted by Gasteiger charge is -2.25. The van der Waals surface area contributed by atoms with Crippen LogP contribution in [0.3, 0.4) is 0 Å². The Labute approximate surface area is 127 Å². The molecule has 0 saturated carbocycles. The summed E-state index contributed by atoms with van der Waals surface area (Å²) in [6.45, 7) is 2.75. The molecule has 6 heteroatoms. The van der Waals surface area contributed by atoms with Crippen LogP contribution in [0, 0.1) is 12.8 Å². The molecule has 3 rings (SSSR count). The van der Waals surface area contributed by atoms with Gasteiger partial charge < -0.3 is 10.3 Å². The second-order valence-electron chi connectivity index (χ2n) is 5.75. The van der Waals surface area contributed by atoms with Crippen LogP contribution in [-0.2, 0) is 19.5 Å². The Morgan fingerprint density at radius 2 is 1.95 bits per heavy atom. The van der Waals surface area contributed by atoms with Crippen molar-refractivity contribution in [3.05, 3.63) is 41.3 Å². The van der Waals surface area contributed by atoms with Crippen molar-refractivity contribution in [1.82, 2.24) is 9.55 Å². The highest BCUT2D eigenvalue weighted by molar-refractivity contribution is 5.62. The molecule has 1 atom stereocenters.